The fourth-order valence-electron chi connectivity index (χ4n) is 4.10. The van der Waals surface area contributed by atoms with Crippen LogP contribution in [0.1, 0.15) is 28.4 Å². The molecule has 2 heterocycles. The number of carbonyl (C=O) groups is 2. The number of thiophene rings is 1. The maximum Gasteiger partial charge on any atom is 0.341 e. The van der Waals surface area contributed by atoms with Crippen LogP contribution in [-0.2, 0) is 9.53 Å². The highest BCUT2D eigenvalue weighted by Crippen LogP contribution is 2.36. The van der Waals surface area contributed by atoms with Crippen molar-refractivity contribution >= 4 is 39.2 Å². The first kappa shape index (κ1) is 27.7. The number of hydrogen-bond acceptors (Lipinski definition) is 8. The third-order valence-corrected chi connectivity index (χ3v) is 7.11. The molecule has 3 aromatic carbocycles. The van der Waals surface area contributed by atoms with Crippen LogP contribution in [0.3, 0.4) is 0 Å². The van der Waals surface area contributed by atoms with Gasteiger partial charge in [-0.25, -0.2) is 4.79 Å². The molecule has 1 N–H and O–H groups in total. The van der Waals surface area contributed by atoms with Crippen LogP contribution in [0.25, 0.3) is 22.1 Å². The summed E-state index contributed by atoms with van der Waals surface area (Å²) in [7, 11) is 0. The Morgan fingerprint density at radius 2 is 1.61 bits per heavy atom. The molecule has 5 aromatic rings. The molecule has 8 nitrogen and oxygen atoms in total. The summed E-state index contributed by atoms with van der Waals surface area (Å²) >= 11 is 1.24. The van der Waals surface area contributed by atoms with E-state index in [1.54, 1.807) is 31.2 Å². The normalized spacial score (nSPS) is 10.8. The molecule has 0 radical (unpaired) electrons. The van der Waals surface area contributed by atoms with Crippen molar-refractivity contribution in [2.24, 2.45) is 0 Å². The van der Waals surface area contributed by atoms with Gasteiger partial charge >= 0.3 is 5.97 Å². The molecule has 9 heteroatoms. The highest BCUT2D eigenvalue weighted by Gasteiger charge is 2.23. The second-order valence-corrected chi connectivity index (χ2v) is 10.2. The van der Waals surface area contributed by atoms with Crippen LogP contribution >= 0.6 is 11.3 Å². The maximum atomic E-state index is 12.9. The number of ether oxygens (including phenoxy) is 3. The average molecular weight is 570 g/mol. The van der Waals surface area contributed by atoms with Gasteiger partial charge in [0, 0.05) is 17.0 Å². The summed E-state index contributed by atoms with van der Waals surface area (Å²) in [5, 5.41) is 5.27. The van der Waals surface area contributed by atoms with Gasteiger partial charge in [0.1, 0.15) is 33.9 Å². The molecule has 0 aliphatic carbocycles. The predicted octanol–water partition coefficient (Wildman–Crippen LogP) is 7.12. The Morgan fingerprint density at radius 1 is 0.927 bits per heavy atom. The molecular weight excluding hydrogens is 542 g/mol. The summed E-state index contributed by atoms with van der Waals surface area (Å²) in [6.07, 6.45) is 1.25. The van der Waals surface area contributed by atoms with Crippen molar-refractivity contribution in [1.82, 2.24) is 0 Å². The highest BCUT2D eigenvalue weighted by atomic mass is 32.1. The van der Waals surface area contributed by atoms with Gasteiger partial charge in [-0.1, -0.05) is 47.5 Å². The zero-order chi connectivity index (χ0) is 28.9. The van der Waals surface area contributed by atoms with E-state index < -0.39 is 11.9 Å². The molecule has 41 heavy (non-hydrogen) atoms. The Bertz CT molecular complexity index is 1770. The number of benzene rings is 3. The molecule has 0 atom stereocenters. The Hall–Kier alpha value is -4.89. The van der Waals surface area contributed by atoms with Gasteiger partial charge in [0.25, 0.3) is 5.91 Å². The number of aryl methyl sites for hydroxylation is 2. The molecule has 1 amide bonds. The number of hydrogen-bond donors (Lipinski definition) is 1. The number of anilines is 1. The number of esters is 1. The molecule has 0 aliphatic rings. The van der Waals surface area contributed by atoms with Gasteiger partial charge in [-0.05, 0) is 50.6 Å². The lowest BCUT2D eigenvalue weighted by Gasteiger charge is -2.10. The fraction of sp³-hybridized carbons (Fsp3) is 0.156. The predicted molar refractivity (Wildman–Crippen MR) is 158 cm³/mol. The van der Waals surface area contributed by atoms with Crippen LogP contribution in [0, 0.1) is 13.8 Å². The molecule has 0 bridgehead atoms. The highest BCUT2D eigenvalue weighted by molar-refractivity contribution is 7.15. The molecule has 0 unspecified atom stereocenters. The van der Waals surface area contributed by atoms with Crippen LogP contribution in [0.15, 0.2) is 87.6 Å². The van der Waals surface area contributed by atoms with E-state index in [0.29, 0.717) is 33.0 Å². The van der Waals surface area contributed by atoms with E-state index in [-0.39, 0.29) is 30.0 Å². The van der Waals surface area contributed by atoms with E-state index >= 15 is 0 Å². The minimum absolute atomic E-state index is 0.0627. The van der Waals surface area contributed by atoms with Crippen LogP contribution in [0.5, 0.6) is 17.2 Å². The Kier molecular flexibility index (Phi) is 8.16. The molecule has 0 fully saturated rings. The topological polar surface area (TPSA) is 104 Å². The van der Waals surface area contributed by atoms with Gasteiger partial charge in [-0.2, -0.15) is 0 Å². The minimum Gasteiger partial charge on any atom is -0.484 e. The zero-order valence-electron chi connectivity index (χ0n) is 22.7. The fourth-order valence-corrected chi connectivity index (χ4v) is 5.07. The molecule has 208 valence electrons. The zero-order valence-corrected chi connectivity index (χ0v) is 23.5. The summed E-state index contributed by atoms with van der Waals surface area (Å²) in [5.74, 6) is -0.0592. The van der Waals surface area contributed by atoms with Gasteiger partial charge in [0.05, 0.1) is 12.0 Å². The summed E-state index contributed by atoms with van der Waals surface area (Å²) in [5.41, 5.74) is 3.95. The van der Waals surface area contributed by atoms with Crippen LogP contribution in [0.4, 0.5) is 5.00 Å². The van der Waals surface area contributed by atoms with E-state index in [0.717, 1.165) is 16.7 Å². The monoisotopic (exact) mass is 569 g/mol. The first-order chi connectivity index (χ1) is 19.8. The first-order valence-corrected chi connectivity index (χ1v) is 13.8. The molecule has 2 aromatic heterocycles. The second-order valence-electron chi connectivity index (χ2n) is 9.28. The largest absolute Gasteiger partial charge is 0.484 e. The summed E-state index contributed by atoms with van der Waals surface area (Å²) < 4.78 is 22.2. The Balaban J connectivity index is 1.29. The Labute approximate surface area is 240 Å². The molecule has 0 saturated heterocycles. The standard InChI is InChI=1S/C32H27NO7S/c1-4-37-32(36)29-25(21-9-5-19(2)6-10-21)18-41-31(29)33-28(34)17-38-23-13-14-24-26(15-23)39-16-27(30(24)35)40-22-11-7-20(3)8-12-22/h5-16,18H,4,17H2,1-3H3,(H,33,34). The number of nitrogens with one attached hydrogen (secondary N) is 1. The lowest BCUT2D eigenvalue weighted by atomic mass is 10.0. The van der Waals surface area contributed by atoms with Crippen LogP contribution < -0.4 is 20.2 Å². The lowest BCUT2D eigenvalue weighted by molar-refractivity contribution is -0.118. The quantitative estimate of drug-likeness (QED) is 0.188. The van der Waals surface area contributed by atoms with Crippen molar-refractivity contribution < 1.29 is 28.2 Å². The lowest BCUT2D eigenvalue weighted by Crippen LogP contribution is -2.21. The SMILES string of the molecule is CCOC(=O)c1c(-c2ccc(C)cc2)csc1NC(=O)COc1ccc2c(=O)c(Oc3ccc(C)cc3)coc2c1. The summed E-state index contributed by atoms with van der Waals surface area (Å²) in [6, 6.07) is 19.7. The molecular formula is C32H27NO7S. The molecule has 5 rings (SSSR count). The van der Waals surface area contributed by atoms with Gasteiger partial charge in [-0.15, -0.1) is 11.3 Å². The Morgan fingerprint density at radius 3 is 2.32 bits per heavy atom. The second kappa shape index (κ2) is 12.1. The van der Waals surface area contributed by atoms with Crippen LogP contribution in [-0.4, -0.2) is 25.1 Å². The average Bonchev–Trinajstić information content (AvgIpc) is 3.38. The van der Waals surface area contributed by atoms with Crippen molar-refractivity contribution in [1.29, 1.82) is 0 Å². The van der Waals surface area contributed by atoms with Crippen molar-refractivity contribution in [2.45, 2.75) is 20.8 Å². The van der Waals surface area contributed by atoms with Crippen LogP contribution in [0.2, 0.25) is 0 Å². The number of amides is 1. The van der Waals surface area contributed by atoms with E-state index in [1.807, 2.05) is 55.6 Å². The summed E-state index contributed by atoms with van der Waals surface area (Å²) in [4.78, 5) is 38.5. The van der Waals surface area contributed by atoms with Crippen molar-refractivity contribution in [3.8, 4) is 28.4 Å². The van der Waals surface area contributed by atoms with Gasteiger partial charge in [-0.3, -0.25) is 9.59 Å². The van der Waals surface area contributed by atoms with Gasteiger partial charge in [0.15, 0.2) is 6.61 Å². The number of rotatable bonds is 9. The molecule has 0 saturated carbocycles. The van der Waals surface area contributed by atoms with Gasteiger partial charge in [0.2, 0.25) is 11.2 Å². The smallest absolute Gasteiger partial charge is 0.341 e. The number of carbonyl (C=O) groups excluding carboxylic acids is 2. The van der Waals surface area contributed by atoms with E-state index in [1.165, 1.54) is 23.7 Å². The maximum absolute atomic E-state index is 12.9. The minimum atomic E-state index is -0.518. The van der Waals surface area contributed by atoms with Crippen molar-refractivity contribution in [3.63, 3.8) is 0 Å². The third kappa shape index (κ3) is 6.31. The van der Waals surface area contributed by atoms with E-state index in [9.17, 15) is 14.4 Å². The molecule has 0 spiro atoms. The van der Waals surface area contributed by atoms with Crippen molar-refractivity contribution in [3.05, 3.63) is 105 Å². The third-order valence-electron chi connectivity index (χ3n) is 6.22. The van der Waals surface area contributed by atoms with E-state index in [2.05, 4.69) is 5.32 Å². The first-order valence-electron chi connectivity index (χ1n) is 12.9. The molecule has 0 aliphatic heterocycles. The van der Waals surface area contributed by atoms with E-state index in [4.69, 9.17) is 18.6 Å². The summed E-state index contributed by atoms with van der Waals surface area (Å²) in [6.45, 7) is 5.55. The van der Waals surface area contributed by atoms with Gasteiger partial charge < -0.3 is 23.9 Å². The number of fused-ring (bicyclic) bond motifs is 1. The van der Waals surface area contributed by atoms with Crippen molar-refractivity contribution in [2.75, 3.05) is 18.5 Å².